The number of aromatic amines is 1. The molecule has 2 aromatic heterocycles. The van der Waals surface area contributed by atoms with Gasteiger partial charge in [-0.2, -0.15) is 5.10 Å². The molecular weight excluding hydrogens is 356 g/mol. The Bertz CT molecular complexity index is 776. The maximum Gasteiger partial charge on any atom is 0.225 e. The summed E-state index contributed by atoms with van der Waals surface area (Å²) in [5, 5.41) is 9.90. The fraction of sp³-hybridized carbons (Fsp3) is 0.500. The highest BCUT2D eigenvalue weighted by molar-refractivity contribution is 5.90. The number of carbonyl (C=O) groups is 2. The summed E-state index contributed by atoms with van der Waals surface area (Å²) in [6.07, 6.45) is 6.75. The van der Waals surface area contributed by atoms with Gasteiger partial charge in [-0.15, -0.1) is 0 Å². The van der Waals surface area contributed by atoms with Gasteiger partial charge in [-0.1, -0.05) is 0 Å². The van der Waals surface area contributed by atoms with Crippen LogP contribution in [0.3, 0.4) is 0 Å². The Hall–Kier alpha value is -2.74. The first kappa shape index (κ1) is 20.0. The van der Waals surface area contributed by atoms with Gasteiger partial charge in [-0.25, -0.2) is 0 Å². The SMILES string of the molecule is CC(=O)N1CCCN(CCCCC(=O)Nc2cc(-c3cccnc3)[nH]n2)CC1. The Morgan fingerprint density at radius 1 is 1.21 bits per heavy atom. The number of H-pyrrole nitrogens is 1. The molecule has 2 N–H and O–H groups in total. The molecule has 1 saturated heterocycles. The van der Waals surface area contributed by atoms with Gasteiger partial charge in [0.2, 0.25) is 11.8 Å². The Morgan fingerprint density at radius 3 is 2.89 bits per heavy atom. The quantitative estimate of drug-likeness (QED) is 0.713. The molecule has 2 amide bonds. The predicted octanol–water partition coefficient (Wildman–Crippen LogP) is 2.13. The topological polar surface area (TPSA) is 94.2 Å². The lowest BCUT2D eigenvalue weighted by Crippen LogP contribution is -2.34. The highest BCUT2D eigenvalue weighted by Gasteiger charge is 2.16. The van der Waals surface area contributed by atoms with Crippen LogP contribution in [0.4, 0.5) is 5.82 Å². The zero-order chi connectivity index (χ0) is 19.8. The second-order valence-corrected chi connectivity index (χ2v) is 7.12. The molecule has 1 fully saturated rings. The minimum Gasteiger partial charge on any atom is -0.342 e. The molecule has 3 rings (SSSR count). The number of aromatic nitrogens is 3. The van der Waals surface area contributed by atoms with Crippen molar-refractivity contribution in [3.8, 4) is 11.3 Å². The fourth-order valence-electron chi connectivity index (χ4n) is 3.39. The van der Waals surface area contributed by atoms with E-state index in [-0.39, 0.29) is 11.8 Å². The van der Waals surface area contributed by atoms with E-state index in [0.29, 0.717) is 12.2 Å². The maximum absolute atomic E-state index is 12.1. The average molecular weight is 384 g/mol. The van der Waals surface area contributed by atoms with Gasteiger partial charge in [-0.3, -0.25) is 19.7 Å². The van der Waals surface area contributed by atoms with E-state index in [2.05, 4.69) is 25.4 Å². The number of nitrogens with zero attached hydrogens (tertiary/aromatic N) is 4. The molecule has 150 valence electrons. The zero-order valence-electron chi connectivity index (χ0n) is 16.4. The van der Waals surface area contributed by atoms with Crippen molar-refractivity contribution in [2.24, 2.45) is 0 Å². The first-order chi connectivity index (χ1) is 13.6. The van der Waals surface area contributed by atoms with Crippen LogP contribution < -0.4 is 5.32 Å². The number of anilines is 1. The molecule has 8 heteroatoms. The normalized spacial score (nSPS) is 15.2. The number of amides is 2. The van der Waals surface area contributed by atoms with Gasteiger partial charge >= 0.3 is 0 Å². The van der Waals surface area contributed by atoms with E-state index in [0.717, 1.165) is 63.2 Å². The van der Waals surface area contributed by atoms with E-state index >= 15 is 0 Å². The van der Waals surface area contributed by atoms with Crippen molar-refractivity contribution < 1.29 is 9.59 Å². The summed E-state index contributed by atoms with van der Waals surface area (Å²) < 4.78 is 0. The summed E-state index contributed by atoms with van der Waals surface area (Å²) in [5.74, 6) is 0.659. The Kier molecular flexibility index (Phi) is 7.13. The third-order valence-corrected chi connectivity index (χ3v) is 4.98. The molecule has 0 spiro atoms. The number of carbonyl (C=O) groups excluding carboxylic acids is 2. The number of rotatable bonds is 7. The van der Waals surface area contributed by atoms with Gasteiger partial charge in [0.25, 0.3) is 0 Å². The van der Waals surface area contributed by atoms with E-state index in [1.165, 1.54) is 0 Å². The third-order valence-electron chi connectivity index (χ3n) is 4.98. The van der Waals surface area contributed by atoms with Gasteiger partial charge < -0.3 is 15.1 Å². The standard InChI is InChI=1S/C20H28N6O2/c1-16(27)26-11-5-10-25(12-13-26)9-3-2-7-20(28)22-19-14-18(23-24-19)17-6-4-8-21-15-17/h4,6,8,14-15H,2-3,5,7,9-13H2,1H3,(H2,22,23,24,28). The maximum atomic E-state index is 12.1. The molecule has 1 aliphatic heterocycles. The van der Waals surface area contributed by atoms with E-state index in [9.17, 15) is 9.59 Å². The van der Waals surface area contributed by atoms with Crippen molar-refractivity contribution in [3.63, 3.8) is 0 Å². The van der Waals surface area contributed by atoms with Crippen LogP contribution >= 0.6 is 0 Å². The first-order valence-electron chi connectivity index (χ1n) is 9.85. The van der Waals surface area contributed by atoms with Crippen LogP contribution in [0.2, 0.25) is 0 Å². The Balaban J connectivity index is 1.35. The molecule has 1 aliphatic rings. The summed E-state index contributed by atoms with van der Waals surface area (Å²) in [4.78, 5) is 32.0. The van der Waals surface area contributed by atoms with E-state index in [1.807, 2.05) is 23.1 Å². The number of nitrogens with one attached hydrogen (secondary N) is 2. The predicted molar refractivity (Wildman–Crippen MR) is 108 cm³/mol. The Labute approximate surface area is 165 Å². The fourth-order valence-corrected chi connectivity index (χ4v) is 3.39. The van der Waals surface area contributed by atoms with Gasteiger partial charge in [-0.05, 0) is 44.5 Å². The van der Waals surface area contributed by atoms with Crippen LogP contribution in [0, 0.1) is 0 Å². The van der Waals surface area contributed by atoms with Crippen LogP contribution in [0.15, 0.2) is 30.6 Å². The highest BCUT2D eigenvalue weighted by atomic mass is 16.2. The summed E-state index contributed by atoms with van der Waals surface area (Å²) in [7, 11) is 0. The average Bonchev–Trinajstić information content (AvgIpc) is 3.02. The van der Waals surface area contributed by atoms with Crippen molar-refractivity contribution in [3.05, 3.63) is 30.6 Å². The lowest BCUT2D eigenvalue weighted by atomic mass is 10.2. The molecule has 0 bridgehead atoms. The minimum absolute atomic E-state index is 0.0251. The number of pyridine rings is 1. The zero-order valence-corrected chi connectivity index (χ0v) is 16.4. The smallest absolute Gasteiger partial charge is 0.225 e. The van der Waals surface area contributed by atoms with Crippen molar-refractivity contribution >= 4 is 17.6 Å². The van der Waals surface area contributed by atoms with Crippen LogP contribution in [-0.4, -0.2) is 69.5 Å². The van der Waals surface area contributed by atoms with Gasteiger partial charge in [0, 0.05) is 57.0 Å². The highest BCUT2D eigenvalue weighted by Crippen LogP contribution is 2.18. The second kappa shape index (κ2) is 9.98. The molecule has 0 aliphatic carbocycles. The van der Waals surface area contributed by atoms with E-state index in [4.69, 9.17) is 0 Å². The molecule has 2 aromatic rings. The van der Waals surface area contributed by atoms with Crippen LogP contribution in [0.25, 0.3) is 11.3 Å². The van der Waals surface area contributed by atoms with Gasteiger partial charge in [0.05, 0.1) is 5.69 Å². The first-order valence-corrected chi connectivity index (χ1v) is 9.85. The lowest BCUT2D eigenvalue weighted by Gasteiger charge is -2.20. The largest absolute Gasteiger partial charge is 0.342 e. The van der Waals surface area contributed by atoms with E-state index < -0.39 is 0 Å². The molecule has 3 heterocycles. The number of unbranched alkanes of at least 4 members (excludes halogenated alkanes) is 1. The molecule has 28 heavy (non-hydrogen) atoms. The molecule has 0 unspecified atom stereocenters. The monoisotopic (exact) mass is 384 g/mol. The van der Waals surface area contributed by atoms with Gasteiger partial charge in [0.1, 0.15) is 0 Å². The molecular formula is C20H28N6O2. The van der Waals surface area contributed by atoms with Crippen molar-refractivity contribution in [2.75, 3.05) is 38.0 Å². The molecule has 8 nitrogen and oxygen atoms in total. The number of hydrogen-bond acceptors (Lipinski definition) is 5. The van der Waals surface area contributed by atoms with Crippen LogP contribution in [-0.2, 0) is 9.59 Å². The van der Waals surface area contributed by atoms with Crippen molar-refractivity contribution in [2.45, 2.75) is 32.6 Å². The van der Waals surface area contributed by atoms with Crippen molar-refractivity contribution in [1.29, 1.82) is 0 Å². The summed E-state index contributed by atoms with van der Waals surface area (Å²) in [6.45, 7) is 6.17. The lowest BCUT2D eigenvalue weighted by molar-refractivity contribution is -0.128. The van der Waals surface area contributed by atoms with Crippen LogP contribution in [0.5, 0.6) is 0 Å². The number of hydrogen-bond donors (Lipinski definition) is 2. The molecule has 0 radical (unpaired) electrons. The molecule has 0 aromatic carbocycles. The minimum atomic E-state index is -0.0251. The second-order valence-electron chi connectivity index (χ2n) is 7.12. The third kappa shape index (κ3) is 5.88. The summed E-state index contributed by atoms with van der Waals surface area (Å²) >= 11 is 0. The molecule has 0 atom stereocenters. The van der Waals surface area contributed by atoms with E-state index in [1.54, 1.807) is 19.3 Å². The molecule has 0 saturated carbocycles. The van der Waals surface area contributed by atoms with Gasteiger partial charge in [0.15, 0.2) is 5.82 Å². The summed E-state index contributed by atoms with van der Waals surface area (Å²) in [5.41, 5.74) is 1.75. The summed E-state index contributed by atoms with van der Waals surface area (Å²) in [6, 6.07) is 5.61. The Morgan fingerprint density at radius 2 is 2.11 bits per heavy atom. The van der Waals surface area contributed by atoms with Crippen LogP contribution in [0.1, 0.15) is 32.6 Å². The van der Waals surface area contributed by atoms with Crippen molar-refractivity contribution in [1.82, 2.24) is 25.0 Å².